The highest BCUT2D eigenvalue weighted by Crippen LogP contribution is 2.05. The molecule has 0 aliphatic carbocycles. The van der Waals surface area contributed by atoms with Crippen LogP contribution in [0.5, 0.6) is 0 Å². The summed E-state index contributed by atoms with van der Waals surface area (Å²) in [5, 5.41) is 14.5. The van der Waals surface area contributed by atoms with Gasteiger partial charge in [0.25, 0.3) is 0 Å². The van der Waals surface area contributed by atoms with Crippen molar-refractivity contribution in [3.63, 3.8) is 0 Å². The van der Waals surface area contributed by atoms with Crippen molar-refractivity contribution in [2.45, 2.75) is 32.8 Å². The summed E-state index contributed by atoms with van der Waals surface area (Å²) in [4.78, 5) is 23.4. The normalized spacial score (nSPS) is 10.6. The number of rotatable bonds is 6. The highest BCUT2D eigenvalue weighted by molar-refractivity contribution is 7.80. The Balaban J connectivity index is 3.76. The van der Waals surface area contributed by atoms with E-state index in [0.717, 1.165) is 0 Å². The van der Waals surface area contributed by atoms with Crippen molar-refractivity contribution < 1.29 is 19.4 Å². The molecule has 8 heteroatoms. The maximum absolute atomic E-state index is 11.3. The SMILES string of the molecule is CN(CCC(=O)O)C(=S)NCCNC(=O)OC(C)(C)C. The van der Waals surface area contributed by atoms with Gasteiger partial charge in [0.15, 0.2) is 5.11 Å². The number of thiocarbonyl (C=S) groups is 1. The molecule has 3 N–H and O–H groups in total. The van der Waals surface area contributed by atoms with Crippen molar-refractivity contribution in [1.82, 2.24) is 15.5 Å². The Morgan fingerprint density at radius 3 is 2.30 bits per heavy atom. The van der Waals surface area contributed by atoms with Gasteiger partial charge >= 0.3 is 12.1 Å². The molecule has 116 valence electrons. The fourth-order valence-electron chi connectivity index (χ4n) is 1.15. The first-order valence-electron chi connectivity index (χ1n) is 6.29. The Morgan fingerprint density at radius 2 is 1.80 bits per heavy atom. The van der Waals surface area contributed by atoms with Crippen LogP contribution < -0.4 is 10.6 Å². The summed E-state index contributed by atoms with van der Waals surface area (Å²) >= 11 is 5.07. The number of hydrogen-bond donors (Lipinski definition) is 3. The predicted octanol–water partition coefficient (Wildman–Crippen LogP) is 0.792. The maximum Gasteiger partial charge on any atom is 0.407 e. The van der Waals surface area contributed by atoms with E-state index in [4.69, 9.17) is 22.1 Å². The molecule has 0 spiro atoms. The second-order valence-corrected chi connectivity index (χ2v) is 5.61. The predicted molar refractivity (Wildman–Crippen MR) is 79.7 cm³/mol. The molecular formula is C12H23N3O4S. The van der Waals surface area contributed by atoms with Crippen LogP contribution >= 0.6 is 12.2 Å². The molecule has 1 amide bonds. The monoisotopic (exact) mass is 305 g/mol. The van der Waals surface area contributed by atoms with Crippen LogP contribution in [0, 0.1) is 0 Å². The van der Waals surface area contributed by atoms with Gasteiger partial charge in [0.2, 0.25) is 0 Å². The Hall–Kier alpha value is -1.57. The van der Waals surface area contributed by atoms with E-state index in [1.807, 2.05) is 0 Å². The lowest BCUT2D eigenvalue weighted by atomic mass is 10.2. The molecule has 0 saturated carbocycles. The van der Waals surface area contributed by atoms with E-state index in [1.165, 1.54) is 0 Å². The summed E-state index contributed by atoms with van der Waals surface area (Å²) in [6, 6.07) is 0. The molecule has 7 nitrogen and oxygen atoms in total. The van der Waals surface area contributed by atoms with Crippen LogP contribution in [0.3, 0.4) is 0 Å². The average Bonchev–Trinajstić information content (AvgIpc) is 2.28. The molecule has 0 aromatic heterocycles. The average molecular weight is 305 g/mol. The van der Waals surface area contributed by atoms with Gasteiger partial charge in [-0.1, -0.05) is 0 Å². The molecule has 0 saturated heterocycles. The van der Waals surface area contributed by atoms with Gasteiger partial charge in [0.1, 0.15) is 5.60 Å². The minimum absolute atomic E-state index is 0.0223. The Kier molecular flexibility index (Phi) is 7.90. The van der Waals surface area contributed by atoms with Gasteiger partial charge in [-0.15, -0.1) is 0 Å². The standard InChI is InChI=1S/C12H23N3O4S/c1-12(2,3)19-11(18)14-7-6-13-10(20)15(4)8-5-9(16)17/h5-8H2,1-4H3,(H,13,20)(H,14,18)(H,16,17). The summed E-state index contributed by atoms with van der Waals surface area (Å²) in [6.07, 6.45) is -0.460. The number of ether oxygens (including phenoxy) is 1. The number of nitrogens with one attached hydrogen (secondary N) is 2. The minimum Gasteiger partial charge on any atom is -0.481 e. The summed E-state index contributed by atoms with van der Waals surface area (Å²) in [5.74, 6) is -0.869. The first-order chi connectivity index (χ1) is 9.11. The first kappa shape index (κ1) is 18.4. The van der Waals surface area contributed by atoms with Crippen LogP contribution in [-0.2, 0) is 9.53 Å². The van der Waals surface area contributed by atoms with E-state index < -0.39 is 17.7 Å². The zero-order chi connectivity index (χ0) is 15.8. The van der Waals surface area contributed by atoms with Crippen LogP contribution in [0.2, 0.25) is 0 Å². The van der Waals surface area contributed by atoms with Crippen molar-refractivity contribution in [3.8, 4) is 0 Å². The van der Waals surface area contributed by atoms with Gasteiger partial charge in [0.05, 0.1) is 6.42 Å². The molecule has 0 atom stereocenters. The topological polar surface area (TPSA) is 90.9 Å². The molecule has 0 unspecified atom stereocenters. The molecular weight excluding hydrogens is 282 g/mol. The van der Waals surface area contributed by atoms with Gasteiger partial charge in [-0.2, -0.15) is 0 Å². The van der Waals surface area contributed by atoms with Crippen molar-refractivity contribution in [2.24, 2.45) is 0 Å². The van der Waals surface area contributed by atoms with Gasteiger partial charge in [-0.25, -0.2) is 4.79 Å². The Labute approximate surface area is 124 Å². The number of carbonyl (C=O) groups is 2. The number of alkyl carbamates (subject to hydrolysis) is 1. The second-order valence-electron chi connectivity index (χ2n) is 5.23. The molecule has 0 bridgehead atoms. The Morgan fingerprint density at radius 1 is 1.25 bits per heavy atom. The van der Waals surface area contributed by atoms with E-state index in [-0.39, 0.29) is 6.42 Å². The minimum atomic E-state index is -0.869. The Bertz CT molecular complexity index is 355. The van der Waals surface area contributed by atoms with E-state index in [9.17, 15) is 9.59 Å². The first-order valence-corrected chi connectivity index (χ1v) is 6.70. The van der Waals surface area contributed by atoms with Crippen molar-refractivity contribution in [2.75, 3.05) is 26.7 Å². The molecule has 0 rings (SSSR count). The zero-order valence-electron chi connectivity index (χ0n) is 12.4. The van der Waals surface area contributed by atoms with Crippen molar-refractivity contribution in [3.05, 3.63) is 0 Å². The molecule has 0 aromatic rings. The fraction of sp³-hybridized carbons (Fsp3) is 0.750. The molecule has 0 fully saturated rings. The van der Waals surface area contributed by atoms with Crippen LogP contribution in [0.4, 0.5) is 4.79 Å². The molecule has 0 radical (unpaired) electrons. The lowest BCUT2D eigenvalue weighted by Gasteiger charge is -2.21. The zero-order valence-corrected chi connectivity index (χ0v) is 13.2. The lowest BCUT2D eigenvalue weighted by Crippen LogP contribution is -2.42. The van der Waals surface area contributed by atoms with Crippen LogP contribution in [0.25, 0.3) is 0 Å². The van der Waals surface area contributed by atoms with Gasteiger partial charge in [0, 0.05) is 26.7 Å². The third kappa shape index (κ3) is 10.4. The number of carboxylic acid groups (broad SMARTS) is 1. The van der Waals surface area contributed by atoms with E-state index in [0.29, 0.717) is 24.7 Å². The highest BCUT2D eigenvalue weighted by atomic mass is 32.1. The number of carboxylic acids is 1. The van der Waals surface area contributed by atoms with E-state index in [2.05, 4.69) is 10.6 Å². The number of carbonyl (C=O) groups excluding carboxylic acids is 1. The highest BCUT2D eigenvalue weighted by Gasteiger charge is 2.15. The summed E-state index contributed by atoms with van der Waals surface area (Å²) in [7, 11) is 1.71. The molecule has 0 aliphatic heterocycles. The lowest BCUT2D eigenvalue weighted by molar-refractivity contribution is -0.137. The molecule has 0 aromatic carbocycles. The van der Waals surface area contributed by atoms with Gasteiger partial charge in [-0.05, 0) is 33.0 Å². The quantitative estimate of drug-likeness (QED) is 0.494. The summed E-state index contributed by atoms with van der Waals surface area (Å²) in [6.45, 7) is 6.50. The molecule has 0 aliphatic rings. The second kappa shape index (κ2) is 8.57. The van der Waals surface area contributed by atoms with Crippen LogP contribution in [-0.4, -0.2) is 59.5 Å². The maximum atomic E-state index is 11.3. The van der Waals surface area contributed by atoms with Crippen LogP contribution in [0.15, 0.2) is 0 Å². The largest absolute Gasteiger partial charge is 0.481 e. The van der Waals surface area contributed by atoms with Crippen molar-refractivity contribution in [1.29, 1.82) is 0 Å². The van der Waals surface area contributed by atoms with Crippen molar-refractivity contribution >= 4 is 29.4 Å². The third-order valence-electron chi connectivity index (χ3n) is 2.08. The molecule has 20 heavy (non-hydrogen) atoms. The van der Waals surface area contributed by atoms with Gasteiger partial charge in [-0.3, -0.25) is 4.79 Å². The number of hydrogen-bond acceptors (Lipinski definition) is 4. The van der Waals surface area contributed by atoms with Crippen LogP contribution in [0.1, 0.15) is 27.2 Å². The number of aliphatic carboxylic acids is 1. The third-order valence-corrected chi connectivity index (χ3v) is 2.53. The van der Waals surface area contributed by atoms with E-state index >= 15 is 0 Å². The number of nitrogens with zero attached hydrogens (tertiary/aromatic N) is 1. The fourth-order valence-corrected chi connectivity index (χ4v) is 1.34. The summed E-state index contributed by atoms with van der Waals surface area (Å²) < 4.78 is 5.07. The molecule has 0 heterocycles. The van der Waals surface area contributed by atoms with E-state index in [1.54, 1.807) is 32.7 Å². The summed E-state index contributed by atoms with van der Waals surface area (Å²) in [5.41, 5.74) is -0.524. The smallest absolute Gasteiger partial charge is 0.407 e. The van der Waals surface area contributed by atoms with Gasteiger partial charge < -0.3 is 25.4 Å². The number of amides is 1.